The first-order valence-corrected chi connectivity index (χ1v) is 13.6. The Kier molecular flexibility index (Phi) is 9.34. The second-order valence-electron chi connectivity index (χ2n) is 11.5. The van der Waals surface area contributed by atoms with Crippen molar-refractivity contribution in [1.29, 1.82) is 0 Å². The van der Waals surface area contributed by atoms with Gasteiger partial charge in [0, 0.05) is 12.5 Å². The first-order valence-electron chi connectivity index (χ1n) is 13.6. The molecule has 0 saturated heterocycles. The van der Waals surface area contributed by atoms with E-state index in [2.05, 4.69) is 19.8 Å². The molecule has 2 saturated carbocycles. The van der Waals surface area contributed by atoms with Crippen molar-refractivity contribution in [3.05, 3.63) is 28.8 Å². The fraction of sp³-hybridized carbons (Fsp3) is 0.677. The Balaban J connectivity index is 0.00000186. The Morgan fingerprint density at radius 3 is 2.46 bits per heavy atom. The second-order valence-corrected chi connectivity index (χ2v) is 11.5. The van der Waals surface area contributed by atoms with Crippen molar-refractivity contribution < 1.29 is 28.5 Å². The van der Waals surface area contributed by atoms with Crippen LogP contribution in [0.25, 0.3) is 0 Å². The molecule has 0 bridgehead atoms. The number of fused-ring (bicyclic) bond motifs is 5. The standard InChI is InChI=1S/C29H42O6.C2H2/c1-7-28(2,3)27(31)35-25-11-10-23-20-9-8-18-16-24(34-15-14-32-5)22(26(30)33-6)17-21(18)19(20)12-13-29(23,25)4;1-2/h16-17,19-20,23,25H,7-15H2,1-6H3;1-2H/t19?,20?,23?,25-,29-;/m0./s1. The van der Waals surface area contributed by atoms with Gasteiger partial charge in [-0.25, -0.2) is 4.79 Å². The summed E-state index contributed by atoms with van der Waals surface area (Å²) >= 11 is 0. The molecule has 1 aromatic rings. The molecular formula is C31H44O6. The largest absolute Gasteiger partial charge is 0.490 e. The summed E-state index contributed by atoms with van der Waals surface area (Å²) in [7, 11) is 3.04. The van der Waals surface area contributed by atoms with Crippen LogP contribution in [0.1, 0.15) is 93.6 Å². The summed E-state index contributed by atoms with van der Waals surface area (Å²) in [6.07, 6.45) is 15.0. The van der Waals surface area contributed by atoms with Crippen molar-refractivity contribution in [2.24, 2.45) is 22.7 Å². The highest BCUT2D eigenvalue weighted by Gasteiger charge is 2.56. The molecule has 6 heteroatoms. The van der Waals surface area contributed by atoms with Gasteiger partial charge in [0.25, 0.3) is 0 Å². The fourth-order valence-electron chi connectivity index (χ4n) is 6.80. The number of methoxy groups -OCH3 is 2. The minimum absolute atomic E-state index is 0.00429. The molecule has 3 aliphatic rings. The predicted octanol–water partition coefficient (Wildman–Crippen LogP) is 5.95. The molecular weight excluding hydrogens is 468 g/mol. The van der Waals surface area contributed by atoms with E-state index >= 15 is 0 Å². The van der Waals surface area contributed by atoms with Crippen molar-refractivity contribution in [1.82, 2.24) is 0 Å². The van der Waals surface area contributed by atoms with E-state index in [1.165, 1.54) is 18.2 Å². The molecule has 0 spiro atoms. The third kappa shape index (κ3) is 5.53. The zero-order chi connectivity index (χ0) is 27.4. The minimum atomic E-state index is -0.442. The van der Waals surface area contributed by atoms with Gasteiger partial charge in [0.2, 0.25) is 0 Å². The van der Waals surface area contributed by atoms with Crippen LogP contribution in [0.5, 0.6) is 5.75 Å². The maximum absolute atomic E-state index is 12.9. The molecule has 5 atom stereocenters. The number of hydrogen-bond acceptors (Lipinski definition) is 6. The van der Waals surface area contributed by atoms with E-state index in [0.717, 1.165) is 44.9 Å². The molecule has 3 unspecified atom stereocenters. The summed E-state index contributed by atoms with van der Waals surface area (Å²) in [5.74, 6) is 1.63. The lowest BCUT2D eigenvalue weighted by Gasteiger charge is -2.50. The quantitative estimate of drug-likeness (QED) is 0.243. The summed E-state index contributed by atoms with van der Waals surface area (Å²) in [5.41, 5.74) is 2.63. The Morgan fingerprint density at radius 1 is 1.08 bits per heavy atom. The van der Waals surface area contributed by atoms with Crippen LogP contribution in [0.3, 0.4) is 0 Å². The summed E-state index contributed by atoms with van der Waals surface area (Å²) < 4.78 is 22.3. The summed E-state index contributed by atoms with van der Waals surface area (Å²) in [6.45, 7) is 9.20. The van der Waals surface area contributed by atoms with Crippen LogP contribution in [0.15, 0.2) is 12.1 Å². The van der Waals surface area contributed by atoms with Gasteiger partial charge in [0.1, 0.15) is 24.0 Å². The Bertz CT molecular complexity index is 995. The molecule has 37 heavy (non-hydrogen) atoms. The Hall–Kier alpha value is -2.52. The van der Waals surface area contributed by atoms with Gasteiger partial charge in [-0.15, -0.1) is 12.8 Å². The first-order chi connectivity index (χ1) is 17.7. The molecule has 0 aromatic heterocycles. The van der Waals surface area contributed by atoms with E-state index in [0.29, 0.717) is 42.3 Å². The van der Waals surface area contributed by atoms with Gasteiger partial charge in [-0.2, -0.15) is 0 Å². The molecule has 0 amide bonds. The van der Waals surface area contributed by atoms with Crippen LogP contribution in [-0.2, 0) is 25.4 Å². The van der Waals surface area contributed by atoms with E-state index in [9.17, 15) is 9.59 Å². The molecule has 1 aromatic carbocycles. The van der Waals surface area contributed by atoms with Crippen LogP contribution in [0.2, 0.25) is 0 Å². The van der Waals surface area contributed by atoms with Crippen molar-refractivity contribution in [3.63, 3.8) is 0 Å². The highest BCUT2D eigenvalue weighted by atomic mass is 16.5. The number of carbonyl (C=O) groups excluding carboxylic acids is 2. The zero-order valence-electron chi connectivity index (χ0n) is 23.4. The average molecular weight is 513 g/mol. The number of esters is 2. The Labute approximate surface area is 222 Å². The first kappa shape index (κ1) is 29.0. The zero-order valence-corrected chi connectivity index (χ0v) is 23.4. The van der Waals surface area contributed by atoms with Gasteiger partial charge in [-0.1, -0.05) is 13.8 Å². The molecule has 2 fully saturated rings. The number of hydrogen-bond donors (Lipinski definition) is 0. The monoisotopic (exact) mass is 512 g/mol. The second kappa shape index (κ2) is 11.9. The van der Waals surface area contributed by atoms with Gasteiger partial charge in [-0.05, 0) is 99.8 Å². The van der Waals surface area contributed by atoms with Crippen LogP contribution in [-0.4, -0.2) is 45.5 Å². The summed E-state index contributed by atoms with van der Waals surface area (Å²) in [6, 6.07) is 4.08. The maximum Gasteiger partial charge on any atom is 0.341 e. The van der Waals surface area contributed by atoms with Crippen LogP contribution in [0, 0.1) is 35.5 Å². The summed E-state index contributed by atoms with van der Waals surface area (Å²) in [4.78, 5) is 25.5. The minimum Gasteiger partial charge on any atom is -0.490 e. The van der Waals surface area contributed by atoms with Crippen LogP contribution < -0.4 is 4.74 Å². The fourth-order valence-corrected chi connectivity index (χ4v) is 6.80. The number of ether oxygens (including phenoxy) is 4. The molecule has 0 heterocycles. The van der Waals surface area contributed by atoms with Crippen molar-refractivity contribution in [3.8, 4) is 18.6 Å². The van der Waals surface area contributed by atoms with E-state index in [1.807, 2.05) is 32.9 Å². The van der Waals surface area contributed by atoms with Gasteiger partial charge >= 0.3 is 11.9 Å². The highest BCUT2D eigenvalue weighted by molar-refractivity contribution is 5.93. The van der Waals surface area contributed by atoms with Crippen molar-refractivity contribution in [2.45, 2.75) is 84.7 Å². The molecule has 6 nitrogen and oxygen atoms in total. The van der Waals surface area contributed by atoms with E-state index < -0.39 is 5.41 Å². The molecule has 0 N–H and O–H groups in total. The third-order valence-electron chi connectivity index (χ3n) is 9.37. The number of terminal acetylenes is 1. The topological polar surface area (TPSA) is 71.1 Å². The van der Waals surface area contributed by atoms with Crippen LogP contribution in [0.4, 0.5) is 0 Å². The maximum atomic E-state index is 12.9. The van der Waals surface area contributed by atoms with Crippen molar-refractivity contribution in [2.75, 3.05) is 27.4 Å². The lowest BCUT2D eigenvalue weighted by Crippen LogP contribution is -2.46. The predicted molar refractivity (Wildman–Crippen MR) is 144 cm³/mol. The molecule has 0 aliphatic heterocycles. The van der Waals surface area contributed by atoms with Crippen LogP contribution >= 0.6 is 0 Å². The normalized spacial score (nSPS) is 28.0. The lowest BCUT2D eigenvalue weighted by molar-refractivity contribution is -0.168. The van der Waals surface area contributed by atoms with Crippen molar-refractivity contribution >= 4 is 11.9 Å². The SMILES string of the molecule is C#C.CCC(C)(C)C(=O)O[C@H]1CCC2C3CCc4cc(OCCOC)c(C(=O)OC)cc4C3CC[C@@]21C. The van der Waals surface area contributed by atoms with E-state index in [1.54, 1.807) is 7.11 Å². The number of rotatable bonds is 8. The van der Waals surface area contributed by atoms with E-state index in [-0.39, 0.29) is 23.5 Å². The number of aryl methyl sites for hydroxylation is 1. The molecule has 4 rings (SSSR count). The Morgan fingerprint density at radius 2 is 1.81 bits per heavy atom. The van der Waals surface area contributed by atoms with Gasteiger partial charge in [0.15, 0.2) is 0 Å². The van der Waals surface area contributed by atoms with E-state index in [4.69, 9.17) is 18.9 Å². The summed E-state index contributed by atoms with van der Waals surface area (Å²) in [5, 5.41) is 0. The smallest absolute Gasteiger partial charge is 0.341 e. The third-order valence-corrected chi connectivity index (χ3v) is 9.37. The lowest BCUT2D eigenvalue weighted by atomic mass is 9.55. The average Bonchev–Trinajstić information content (AvgIpc) is 3.24. The molecule has 3 aliphatic carbocycles. The van der Waals surface area contributed by atoms with Gasteiger partial charge < -0.3 is 18.9 Å². The van der Waals surface area contributed by atoms with Gasteiger partial charge in [0.05, 0.1) is 19.1 Å². The van der Waals surface area contributed by atoms with Gasteiger partial charge in [-0.3, -0.25) is 4.79 Å². The molecule has 204 valence electrons. The highest BCUT2D eigenvalue weighted by Crippen LogP contribution is 2.62. The molecule has 0 radical (unpaired) electrons. The number of benzene rings is 1. The number of carbonyl (C=O) groups is 2.